The van der Waals surface area contributed by atoms with Crippen LogP contribution in [-0.2, 0) is 20.6 Å². The van der Waals surface area contributed by atoms with Crippen LogP contribution in [0.2, 0.25) is 5.02 Å². The van der Waals surface area contributed by atoms with Crippen molar-refractivity contribution in [1.82, 2.24) is 20.9 Å². The maximum atomic E-state index is 14.3. The molecule has 41 heavy (non-hydrogen) atoms. The van der Waals surface area contributed by atoms with E-state index in [0.717, 1.165) is 18.3 Å². The molecule has 218 valence electrons. The maximum absolute atomic E-state index is 14.3. The number of aromatic nitrogens is 1. The third-order valence-corrected chi connectivity index (χ3v) is 6.83. The smallest absolute Gasteiger partial charge is 0.353 e. The average molecular weight is 598 g/mol. The number of hydrogen-bond acceptors (Lipinski definition) is 6. The number of carbonyl (C=O) groups is 5. The first kappa shape index (κ1) is 29.9. The minimum absolute atomic E-state index is 0.165. The highest BCUT2D eigenvalue weighted by atomic mass is 35.5. The number of benzene rings is 1. The highest BCUT2D eigenvalue weighted by Gasteiger charge is 2.38. The van der Waals surface area contributed by atoms with Crippen LogP contribution in [0.3, 0.4) is 0 Å². The molecule has 1 aliphatic heterocycles. The van der Waals surface area contributed by atoms with Crippen molar-refractivity contribution in [2.75, 3.05) is 5.32 Å². The molecule has 4 amide bonds. The number of hydrogen-bond donors (Lipinski definition) is 4. The minimum Gasteiger partial charge on any atom is -0.353 e. The molecule has 1 saturated carbocycles. The Bertz CT molecular complexity index is 1420. The third-order valence-electron chi connectivity index (χ3n) is 6.54. The van der Waals surface area contributed by atoms with E-state index >= 15 is 0 Å². The van der Waals surface area contributed by atoms with Crippen molar-refractivity contribution in [3.63, 3.8) is 0 Å². The molecular weight excluding hydrogens is 574 g/mol. The normalized spacial score (nSPS) is 19.2. The van der Waals surface area contributed by atoms with Gasteiger partial charge >= 0.3 is 6.18 Å². The number of Topliss-reactive ketones (excluding diaryl/α,β-unsaturated/α-hetero) is 1. The van der Waals surface area contributed by atoms with E-state index in [1.165, 1.54) is 0 Å². The number of carbonyl (C=O) groups excluding carboxylic acids is 5. The summed E-state index contributed by atoms with van der Waals surface area (Å²) in [5, 5.41) is 9.25. The molecule has 2 aromatic rings. The Kier molecular flexibility index (Phi) is 8.61. The molecule has 0 unspecified atom stereocenters. The second-order valence-corrected chi connectivity index (χ2v) is 10.3. The van der Waals surface area contributed by atoms with Crippen molar-refractivity contribution in [2.45, 2.75) is 56.9 Å². The molecule has 0 radical (unpaired) electrons. The van der Waals surface area contributed by atoms with Gasteiger partial charge in [-0.25, -0.2) is 4.39 Å². The molecule has 2 aliphatic rings. The zero-order valence-corrected chi connectivity index (χ0v) is 22.2. The average Bonchev–Trinajstić information content (AvgIpc) is 3.66. The Balaban J connectivity index is 1.60. The van der Waals surface area contributed by atoms with E-state index in [2.05, 4.69) is 26.3 Å². The molecule has 1 saturated heterocycles. The standard InChI is InChI=1S/C26H24ClF4N5O5/c1-11-6-13(23(39)33-11)7-19(21(37)25(41)34-14-2-3-14)36-24(40)15-9-16(27)17(28)10-18(15)35-22(38)12-4-5-32-20(8-12)26(29,30)31/h4-5,8-11,13-14,19H,2-3,6-7H2,1H3,(H,33,39)(H,34,41)(H,35,38)(H,36,40)/t11-,13+,19+/m1/s1. The quantitative estimate of drug-likeness (QED) is 0.258. The lowest BCUT2D eigenvalue weighted by Gasteiger charge is -2.21. The molecular formula is C26H24ClF4N5O5. The molecule has 1 aromatic heterocycles. The van der Waals surface area contributed by atoms with E-state index in [0.29, 0.717) is 31.4 Å². The molecule has 0 bridgehead atoms. The number of nitrogens with one attached hydrogen (secondary N) is 4. The number of alkyl halides is 3. The monoisotopic (exact) mass is 597 g/mol. The summed E-state index contributed by atoms with van der Waals surface area (Å²) in [6.45, 7) is 1.75. The van der Waals surface area contributed by atoms with E-state index in [1.807, 2.05) is 0 Å². The van der Waals surface area contributed by atoms with Gasteiger partial charge in [-0.1, -0.05) is 11.6 Å². The number of ketones is 1. The van der Waals surface area contributed by atoms with Gasteiger partial charge in [0.15, 0.2) is 0 Å². The van der Waals surface area contributed by atoms with Gasteiger partial charge in [0.25, 0.3) is 17.7 Å². The van der Waals surface area contributed by atoms with Crippen molar-refractivity contribution in [3.8, 4) is 0 Å². The highest BCUT2D eigenvalue weighted by molar-refractivity contribution is 6.38. The number of anilines is 1. The number of rotatable bonds is 9. The molecule has 10 nitrogen and oxygen atoms in total. The largest absolute Gasteiger partial charge is 0.433 e. The fourth-order valence-electron chi connectivity index (χ4n) is 4.31. The van der Waals surface area contributed by atoms with Crippen LogP contribution in [0.1, 0.15) is 59.0 Å². The lowest BCUT2D eigenvalue weighted by molar-refractivity contribution is -0.141. The predicted molar refractivity (Wildman–Crippen MR) is 136 cm³/mol. The Morgan fingerprint density at radius 2 is 1.85 bits per heavy atom. The van der Waals surface area contributed by atoms with Crippen LogP contribution in [0.25, 0.3) is 0 Å². The van der Waals surface area contributed by atoms with Crippen molar-refractivity contribution >= 4 is 46.7 Å². The first-order valence-corrected chi connectivity index (χ1v) is 12.9. The van der Waals surface area contributed by atoms with Crippen LogP contribution < -0.4 is 21.3 Å². The number of nitrogens with zero attached hydrogens (tertiary/aromatic N) is 1. The van der Waals surface area contributed by atoms with Gasteiger partial charge in [-0.2, -0.15) is 13.2 Å². The first-order chi connectivity index (χ1) is 19.2. The molecule has 1 aliphatic carbocycles. The summed E-state index contributed by atoms with van der Waals surface area (Å²) in [6.07, 6.45) is -2.56. The van der Waals surface area contributed by atoms with Crippen LogP contribution in [0.5, 0.6) is 0 Å². The van der Waals surface area contributed by atoms with Gasteiger partial charge in [0.2, 0.25) is 11.7 Å². The summed E-state index contributed by atoms with van der Waals surface area (Å²) >= 11 is 5.86. The highest BCUT2D eigenvalue weighted by Crippen LogP contribution is 2.29. The molecule has 15 heteroatoms. The molecule has 2 fully saturated rings. The lowest BCUT2D eigenvalue weighted by atomic mass is 9.93. The van der Waals surface area contributed by atoms with Gasteiger partial charge in [-0.3, -0.25) is 29.0 Å². The zero-order chi connectivity index (χ0) is 30.1. The van der Waals surface area contributed by atoms with Gasteiger partial charge in [-0.05, 0) is 56.9 Å². The van der Waals surface area contributed by atoms with E-state index in [-0.39, 0.29) is 24.4 Å². The number of pyridine rings is 1. The van der Waals surface area contributed by atoms with Crippen LogP contribution in [0.15, 0.2) is 30.5 Å². The van der Waals surface area contributed by atoms with Gasteiger partial charge < -0.3 is 21.3 Å². The summed E-state index contributed by atoms with van der Waals surface area (Å²) < 4.78 is 53.5. The third kappa shape index (κ3) is 7.37. The minimum atomic E-state index is -4.84. The Morgan fingerprint density at radius 1 is 1.15 bits per heavy atom. The van der Waals surface area contributed by atoms with Gasteiger partial charge in [0.1, 0.15) is 11.5 Å². The van der Waals surface area contributed by atoms with Crippen LogP contribution in [-0.4, -0.2) is 52.5 Å². The molecule has 4 N–H and O–H groups in total. The Hall–Kier alpha value is -4.07. The Morgan fingerprint density at radius 3 is 2.46 bits per heavy atom. The number of amides is 4. The van der Waals surface area contributed by atoms with Crippen LogP contribution >= 0.6 is 11.6 Å². The second kappa shape index (κ2) is 11.8. The van der Waals surface area contributed by atoms with E-state index in [1.54, 1.807) is 6.92 Å². The first-order valence-electron chi connectivity index (χ1n) is 12.5. The summed E-state index contributed by atoms with van der Waals surface area (Å²) in [7, 11) is 0. The van der Waals surface area contributed by atoms with Crippen LogP contribution in [0.4, 0.5) is 23.2 Å². The van der Waals surface area contributed by atoms with Crippen molar-refractivity contribution in [2.24, 2.45) is 5.92 Å². The second-order valence-electron chi connectivity index (χ2n) is 9.91. The molecule has 2 heterocycles. The maximum Gasteiger partial charge on any atom is 0.433 e. The molecule has 4 rings (SSSR count). The summed E-state index contributed by atoms with van der Waals surface area (Å²) in [6, 6.07) is 1.17. The SMILES string of the molecule is C[C@@H]1C[C@@H](C[C@H](NC(=O)c2cc(Cl)c(F)cc2NC(=O)c2ccnc(C(F)(F)F)c2)C(=O)C(=O)NC2CC2)C(=O)N1. The van der Waals surface area contributed by atoms with E-state index in [9.17, 15) is 41.5 Å². The van der Waals surface area contributed by atoms with Gasteiger partial charge in [-0.15, -0.1) is 0 Å². The van der Waals surface area contributed by atoms with Crippen LogP contribution in [0, 0.1) is 11.7 Å². The number of halogens is 5. The van der Waals surface area contributed by atoms with Gasteiger partial charge in [0, 0.05) is 29.8 Å². The van der Waals surface area contributed by atoms with E-state index < -0.39 is 75.0 Å². The fourth-order valence-corrected chi connectivity index (χ4v) is 4.47. The van der Waals surface area contributed by atoms with Crippen molar-refractivity contribution in [1.29, 1.82) is 0 Å². The fraction of sp³-hybridized carbons (Fsp3) is 0.385. The van der Waals surface area contributed by atoms with E-state index in [4.69, 9.17) is 11.6 Å². The predicted octanol–water partition coefficient (Wildman–Crippen LogP) is 3.01. The Labute approximate surface area is 235 Å². The molecule has 0 spiro atoms. The summed E-state index contributed by atoms with van der Waals surface area (Å²) in [5.41, 5.74) is -2.75. The summed E-state index contributed by atoms with van der Waals surface area (Å²) in [4.78, 5) is 67.1. The molecule has 3 atom stereocenters. The topological polar surface area (TPSA) is 146 Å². The lowest BCUT2D eigenvalue weighted by Crippen LogP contribution is -2.49. The van der Waals surface area contributed by atoms with Crippen molar-refractivity contribution in [3.05, 3.63) is 58.1 Å². The summed E-state index contributed by atoms with van der Waals surface area (Å²) in [5.74, 6) is -6.25. The zero-order valence-electron chi connectivity index (χ0n) is 21.4. The van der Waals surface area contributed by atoms with Gasteiger partial charge in [0.05, 0.1) is 22.3 Å². The van der Waals surface area contributed by atoms with Crippen molar-refractivity contribution < 1.29 is 41.5 Å². The molecule has 1 aromatic carbocycles.